The Hall–Kier alpha value is -4.10. The number of ether oxygens (including phenoxy) is 4. The van der Waals surface area contributed by atoms with Crippen LogP contribution in [-0.2, 0) is 28.5 Å². The molecule has 2 aromatic rings. The number of Topliss-reactive ketones (excluding diaryl/α,β-unsaturated/α-hetero) is 1. The molecule has 272 valence electrons. The number of furan rings is 1. The van der Waals surface area contributed by atoms with Crippen LogP contribution in [0.1, 0.15) is 80.0 Å². The van der Waals surface area contributed by atoms with Crippen LogP contribution in [0.15, 0.2) is 46.1 Å². The Kier molecular flexibility index (Phi) is 12.3. The van der Waals surface area contributed by atoms with Crippen LogP contribution in [0.25, 0.3) is 11.0 Å². The molecule has 0 bridgehead atoms. The van der Waals surface area contributed by atoms with E-state index in [-0.39, 0.29) is 57.9 Å². The predicted octanol–water partition coefficient (Wildman–Crippen LogP) is 5.25. The summed E-state index contributed by atoms with van der Waals surface area (Å²) in [5.74, 6) is -3.16. The second-order valence-corrected chi connectivity index (χ2v) is 13.5. The quantitative estimate of drug-likeness (QED) is 0.115. The highest BCUT2D eigenvalue weighted by Gasteiger charge is 2.47. The van der Waals surface area contributed by atoms with Gasteiger partial charge in [-0.1, -0.05) is 45.9 Å². The van der Waals surface area contributed by atoms with Crippen molar-refractivity contribution in [2.75, 3.05) is 14.2 Å². The van der Waals surface area contributed by atoms with Gasteiger partial charge in [-0.05, 0) is 26.8 Å². The Morgan fingerprint density at radius 3 is 2.34 bits per heavy atom. The number of phenolic OH excluding ortho intramolecular Hbond substituents is 1. The number of amides is 1. The highest BCUT2D eigenvalue weighted by Crippen LogP contribution is 2.41. The zero-order valence-corrected chi connectivity index (χ0v) is 30.4. The van der Waals surface area contributed by atoms with Gasteiger partial charge in [-0.15, -0.1) is 0 Å². The number of carbonyl (C=O) groups excluding carboxylic acids is 4. The molecule has 12 nitrogen and oxygen atoms in total. The molecule has 1 aromatic carbocycles. The molecule has 1 aliphatic heterocycles. The van der Waals surface area contributed by atoms with Gasteiger partial charge in [-0.2, -0.15) is 0 Å². The van der Waals surface area contributed by atoms with Gasteiger partial charge in [0.05, 0.1) is 29.6 Å². The average molecular weight is 696 g/mol. The fourth-order valence-corrected chi connectivity index (χ4v) is 7.04. The third kappa shape index (κ3) is 7.78. The summed E-state index contributed by atoms with van der Waals surface area (Å²) < 4.78 is 28.7. The van der Waals surface area contributed by atoms with E-state index >= 15 is 0 Å². The number of allylic oxidation sites excluding steroid dienone is 4. The third-order valence-electron chi connectivity index (χ3n) is 9.99. The summed E-state index contributed by atoms with van der Waals surface area (Å²) in [7, 11) is 3.09. The third-order valence-corrected chi connectivity index (χ3v) is 9.99. The van der Waals surface area contributed by atoms with E-state index in [1.165, 1.54) is 13.0 Å². The number of rotatable bonds is 12. The Morgan fingerprint density at radius 1 is 1.06 bits per heavy atom. The van der Waals surface area contributed by atoms with E-state index in [0.717, 1.165) is 6.08 Å². The second kappa shape index (κ2) is 15.8. The SMILES string of the molecule is COC(CC1O[C@H]([C@H](C)[C@@H](O)[C@@H](C)/C=C/C=C(/C)C(=O)NC2=CC(=O)c3c(c(O)c(C)c4oc(C)cc34)C2=O)[C@@H](C)[C@H](OC(C)=O)[C@@H]1C)OC. The lowest BCUT2D eigenvalue weighted by Gasteiger charge is -2.47. The number of hydrogen-bond donors (Lipinski definition) is 3. The molecule has 8 atom stereocenters. The molecule has 1 unspecified atom stereocenters. The van der Waals surface area contributed by atoms with E-state index in [9.17, 15) is 29.4 Å². The molecule has 1 aromatic heterocycles. The molecule has 1 saturated heterocycles. The number of carbonyl (C=O) groups is 4. The first-order chi connectivity index (χ1) is 23.5. The van der Waals surface area contributed by atoms with Crippen molar-refractivity contribution in [1.29, 1.82) is 0 Å². The van der Waals surface area contributed by atoms with Crippen LogP contribution in [0.4, 0.5) is 0 Å². The summed E-state index contributed by atoms with van der Waals surface area (Å²) in [6, 6.07) is 1.64. The Morgan fingerprint density at radius 2 is 1.72 bits per heavy atom. The highest BCUT2D eigenvalue weighted by atomic mass is 16.7. The molecule has 0 spiro atoms. The van der Waals surface area contributed by atoms with Gasteiger partial charge in [0, 0.05) is 79.4 Å². The number of methoxy groups -OCH3 is 2. The standard InChI is InChI=1S/C38H49NO11/c1-17(32(42)21(5)36-23(7)35(49-24(8)40)20(4)28(50-36)16-29(46-9)47-10)12-11-13-18(2)38(45)39-26-15-27(41)30-25-14-19(3)48-37(25)22(6)33(43)31(30)34(26)44/h11-15,17,20-21,23,28-29,32,35-36,42-43H,16H2,1-10H3,(H,39,45)/b12-11+,18-13-/t17-,20+,21+,23-,28?,32-,35+,36+/m0/s1. The maximum Gasteiger partial charge on any atom is 0.302 e. The molecular formula is C38H49NO11. The number of aliphatic hydroxyl groups excluding tert-OH is 1. The zero-order valence-electron chi connectivity index (χ0n) is 30.4. The van der Waals surface area contributed by atoms with E-state index in [0.29, 0.717) is 28.7 Å². The fraction of sp³-hybridized carbons (Fsp3) is 0.526. The van der Waals surface area contributed by atoms with Crippen LogP contribution in [0.2, 0.25) is 0 Å². The summed E-state index contributed by atoms with van der Waals surface area (Å²) in [5.41, 5.74) is 0.495. The minimum atomic E-state index is -0.855. The lowest BCUT2D eigenvalue weighted by atomic mass is 9.75. The van der Waals surface area contributed by atoms with Crippen LogP contribution in [0.3, 0.4) is 0 Å². The second-order valence-electron chi connectivity index (χ2n) is 13.5. The first kappa shape index (κ1) is 38.7. The van der Waals surface area contributed by atoms with Crippen molar-refractivity contribution in [3.63, 3.8) is 0 Å². The van der Waals surface area contributed by atoms with Crippen LogP contribution in [-0.4, -0.2) is 78.6 Å². The van der Waals surface area contributed by atoms with Crippen molar-refractivity contribution < 1.29 is 52.8 Å². The van der Waals surface area contributed by atoms with E-state index in [1.807, 2.05) is 27.7 Å². The Bertz CT molecular complexity index is 1730. The summed E-state index contributed by atoms with van der Waals surface area (Å²) in [6.07, 6.45) is 3.79. The number of fused-ring (bicyclic) bond motifs is 3. The molecule has 4 rings (SSSR count). The van der Waals surface area contributed by atoms with Crippen LogP contribution in [0, 0.1) is 37.5 Å². The molecule has 0 saturated carbocycles. The summed E-state index contributed by atoms with van der Waals surface area (Å²) in [5, 5.41) is 25.2. The number of benzene rings is 1. The first-order valence-electron chi connectivity index (χ1n) is 16.8. The maximum atomic E-state index is 13.4. The number of aliphatic hydroxyl groups is 1. The smallest absolute Gasteiger partial charge is 0.302 e. The van der Waals surface area contributed by atoms with Crippen molar-refractivity contribution in [1.82, 2.24) is 5.32 Å². The predicted molar refractivity (Wildman–Crippen MR) is 184 cm³/mol. The van der Waals surface area contributed by atoms with Crippen LogP contribution < -0.4 is 5.32 Å². The van der Waals surface area contributed by atoms with Gasteiger partial charge in [0.2, 0.25) is 5.78 Å². The number of esters is 1. The lowest BCUT2D eigenvalue weighted by Crippen LogP contribution is -2.55. The number of phenols is 1. The molecule has 12 heteroatoms. The van der Waals surface area contributed by atoms with Gasteiger partial charge in [0.25, 0.3) is 5.91 Å². The van der Waals surface area contributed by atoms with E-state index in [4.69, 9.17) is 23.4 Å². The zero-order chi connectivity index (χ0) is 37.2. The van der Waals surface area contributed by atoms with Gasteiger partial charge in [0.15, 0.2) is 12.1 Å². The monoisotopic (exact) mass is 695 g/mol. The molecule has 1 amide bonds. The van der Waals surface area contributed by atoms with Gasteiger partial charge in [0.1, 0.15) is 23.2 Å². The number of ketones is 2. The largest absolute Gasteiger partial charge is 0.507 e. The summed E-state index contributed by atoms with van der Waals surface area (Å²) >= 11 is 0. The van der Waals surface area contributed by atoms with Crippen molar-refractivity contribution >= 4 is 34.4 Å². The van der Waals surface area contributed by atoms with E-state index in [1.54, 1.807) is 53.2 Å². The number of hydrogen-bond acceptors (Lipinski definition) is 11. The van der Waals surface area contributed by atoms with Gasteiger partial charge >= 0.3 is 5.97 Å². The minimum absolute atomic E-state index is 0.0361. The summed E-state index contributed by atoms with van der Waals surface area (Å²) in [6.45, 7) is 13.9. The van der Waals surface area contributed by atoms with Gasteiger partial charge in [-0.25, -0.2) is 0 Å². The number of nitrogens with one attached hydrogen (secondary N) is 1. The van der Waals surface area contributed by atoms with Crippen molar-refractivity contribution in [3.8, 4) is 5.75 Å². The highest BCUT2D eigenvalue weighted by molar-refractivity contribution is 6.30. The molecule has 2 heterocycles. The molecular weight excluding hydrogens is 646 g/mol. The van der Waals surface area contributed by atoms with Crippen molar-refractivity contribution in [2.24, 2.45) is 23.7 Å². The van der Waals surface area contributed by atoms with Crippen molar-refractivity contribution in [3.05, 3.63) is 64.1 Å². The maximum absolute atomic E-state index is 13.4. The Labute approximate surface area is 292 Å². The molecule has 1 fully saturated rings. The number of aromatic hydroxyl groups is 1. The van der Waals surface area contributed by atoms with Crippen LogP contribution >= 0.6 is 0 Å². The minimum Gasteiger partial charge on any atom is -0.507 e. The van der Waals surface area contributed by atoms with Crippen LogP contribution in [0.5, 0.6) is 5.75 Å². The normalized spacial score (nSPS) is 24.7. The fourth-order valence-electron chi connectivity index (χ4n) is 7.04. The van der Waals surface area contributed by atoms with Crippen molar-refractivity contribution in [2.45, 2.75) is 92.5 Å². The topological polar surface area (TPSA) is 171 Å². The average Bonchev–Trinajstić information content (AvgIpc) is 3.46. The molecule has 50 heavy (non-hydrogen) atoms. The molecule has 3 N–H and O–H groups in total. The summed E-state index contributed by atoms with van der Waals surface area (Å²) in [4.78, 5) is 51.6. The van der Waals surface area contributed by atoms with Gasteiger partial charge < -0.3 is 38.9 Å². The molecule has 2 aliphatic rings. The molecule has 1 aliphatic carbocycles. The van der Waals surface area contributed by atoms with E-state index < -0.39 is 48.0 Å². The van der Waals surface area contributed by atoms with Gasteiger partial charge in [-0.3, -0.25) is 19.2 Å². The number of aryl methyl sites for hydroxylation is 2. The Balaban J connectivity index is 1.45. The van der Waals surface area contributed by atoms with E-state index in [2.05, 4.69) is 5.32 Å². The first-order valence-corrected chi connectivity index (χ1v) is 16.8. The molecule has 0 radical (unpaired) electrons. The lowest BCUT2D eigenvalue weighted by molar-refractivity contribution is -0.223.